The highest BCUT2D eigenvalue weighted by Gasteiger charge is 2.34. The molecule has 0 unspecified atom stereocenters. The molecule has 1 rings (SSSR count). The van der Waals surface area contributed by atoms with Crippen LogP contribution in [0.1, 0.15) is 22.3 Å². The summed E-state index contributed by atoms with van der Waals surface area (Å²) in [5, 5.41) is 8.51. The number of aliphatic hydroxyl groups excluding tert-OH is 1. The number of halogens is 3. The van der Waals surface area contributed by atoms with Crippen molar-refractivity contribution >= 4 is 6.29 Å². The molecule has 0 saturated heterocycles. The lowest BCUT2D eigenvalue weighted by Crippen LogP contribution is -2.10. The summed E-state index contributed by atoms with van der Waals surface area (Å²) >= 11 is 0. The minimum absolute atomic E-state index is 0.0139. The van der Waals surface area contributed by atoms with Crippen LogP contribution in [0, 0.1) is 0 Å². The van der Waals surface area contributed by atoms with E-state index >= 15 is 0 Å². The van der Waals surface area contributed by atoms with E-state index in [0.29, 0.717) is 6.29 Å². The number of aliphatic hydroxyl groups is 1. The van der Waals surface area contributed by atoms with E-state index in [0.717, 1.165) is 12.1 Å². The summed E-state index contributed by atoms with van der Waals surface area (Å²) in [6.45, 7) is -0.173. The summed E-state index contributed by atoms with van der Waals surface area (Å²) in [6, 6.07) is 3.09. The number of rotatable bonds is 5. The molecule has 0 aliphatic carbocycles. The Labute approximate surface area is 95.8 Å². The molecule has 17 heavy (non-hydrogen) atoms. The molecule has 0 aliphatic rings. The average Bonchev–Trinajstić information content (AvgIpc) is 2.28. The van der Waals surface area contributed by atoms with E-state index in [2.05, 4.69) is 0 Å². The summed E-state index contributed by atoms with van der Waals surface area (Å²) in [6.07, 6.45) is -3.99. The van der Waals surface area contributed by atoms with Gasteiger partial charge in [-0.3, -0.25) is 4.79 Å². The van der Waals surface area contributed by atoms with Crippen molar-refractivity contribution < 1.29 is 27.8 Å². The molecule has 94 valence electrons. The molecule has 0 aliphatic heterocycles. The van der Waals surface area contributed by atoms with Crippen LogP contribution in [0.25, 0.3) is 0 Å². The molecule has 0 saturated carbocycles. The smallest absolute Gasteiger partial charge is 0.419 e. The van der Waals surface area contributed by atoms with Crippen molar-refractivity contribution in [3.05, 3.63) is 29.3 Å². The first-order valence-electron chi connectivity index (χ1n) is 4.89. The fraction of sp³-hybridized carbons (Fsp3) is 0.364. The van der Waals surface area contributed by atoms with E-state index < -0.39 is 11.7 Å². The highest BCUT2D eigenvalue weighted by molar-refractivity contribution is 5.75. The largest absolute Gasteiger partial charge is 0.493 e. The summed E-state index contributed by atoms with van der Waals surface area (Å²) in [7, 11) is 0. The second kappa shape index (κ2) is 5.67. The summed E-state index contributed by atoms with van der Waals surface area (Å²) < 4.78 is 42.8. The number of carbonyl (C=O) groups is 1. The average molecular weight is 248 g/mol. The molecule has 0 radical (unpaired) electrons. The van der Waals surface area contributed by atoms with Crippen LogP contribution in [-0.4, -0.2) is 24.6 Å². The normalized spacial score (nSPS) is 11.3. The lowest BCUT2D eigenvalue weighted by atomic mass is 10.1. The Kier molecular flexibility index (Phi) is 4.51. The zero-order chi connectivity index (χ0) is 12.9. The van der Waals surface area contributed by atoms with E-state index in [9.17, 15) is 18.0 Å². The van der Waals surface area contributed by atoms with Gasteiger partial charge in [0.25, 0.3) is 0 Å². The Hall–Kier alpha value is -1.56. The molecule has 1 aromatic carbocycles. The Morgan fingerprint density at radius 2 is 2.06 bits per heavy atom. The molecule has 0 spiro atoms. The Balaban J connectivity index is 2.98. The van der Waals surface area contributed by atoms with Crippen LogP contribution in [0.4, 0.5) is 13.2 Å². The van der Waals surface area contributed by atoms with Crippen molar-refractivity contribution in [2.45, 2.75) is 12.6 Å². The standard InChI is InChI=1S/C11H11F3O3/c12-11(13,14)9-6-8(7-16)2-3-10(9)17-5-1-4-15/h2-3,6-7,15H,1,4-5H2. The molecule has 3 nitrogen and oxygen atoms in total. The number of hydrogen-bond acceptors (Lipinski definition) is 3. The molecule has 0 heterocycles. The molecule has 0 amide bonds. The van der Waals surface area contributed by atoms with Crippen molar-refractivity contribution in [1.82, 2.24) is 0 Å². The van der Waals surface area contributed by atoms with E-state index in [1.807, 2.05) is 0 Å². The van der Waals surface area contributed by atoms with Crippen molar-refractivity contribution in [3.63, 3.8) is 0 Å². The molecule has 1 aromatic rings. The molecule has 6 heteroatoms. The Morgan fingerprint density at radius 3 is 2.59 bits per heavy atom. The molecule has 0 atom stereocenters. The van der Waals surface area contributed by atoms with Gasteiger partial charge in [0, 0.05) is 18.6 Å². The van der Waals surface area contributed by atoms with Crippen LogP contribution in [0.15, 0.2) is 18.2 Å². The van der Waals surface area contributed by atoms with Crippen LogP contribution in [0.5, 0.6) is 5.75 Å². The SMILES string of the molecule is O=Cc1ccc(OCCCO)c(C(F)(F)F)c1. The monoisotopic (exact) mass is 248 g/mol. The van der Waals surface area contributed by atoms with Crippen molar-refractivity contribution in [2.24, 2.45) is 0 Å². The molecule has 0 fully saturated rings. The molecule has 0 bridgehead atoms. The van der Waals surface area contributed by atoms with Crippen molar-refractivity contribution in [3.8, 4) is 5.75 Å². The summed E-state index contributed by atoms with van der Waals surface area (Å²) in [5.41, 5.74) is -1.05. The summed E-state index contributed by atoms with van der Waals surface area (Å²) in [5.74, 6) is -0.337. The minimum Gasteiger partial charge on any atom is -0.493 e. The Morgan fingerprint density at radius 1 is 1.35 bits per heavy atom. The van der Waals surface area contributed by atoms with Gasteiger partial charge in [-0.25, -0.2) is 0 Å². The first kappa shape index (κ1) is 13.5. The van der Waals surface area contributed by atoms with Gasteiger partial charge in [0.15, 0.2) is 0 Å². The highest BCUT2D eigenvalue weighted by Crippen LogP contribution is 2.36. The van der Waals surface area contributed by atoms with Gasteiger partial charge in [0.2, 0.25) is 0 Å². The fourth-order valence-electron chi connectivity index (χ4n) is 1.21. The van der Waals surface area contributed by atoms with Gasteiger partial charge in [-0.1, -0.05) is 0 Å². The maximum absolute atomic E-state index is 12.6. The number of hydrogen-bond donors (Lipinski definition) is 1. The maximum Gasteiger partial charge on any atom is 0.419 e. The quantitative estimate of drug-likeness (QED) is 0.642. The second-order valence-electron chi connectivity index (χ2n) is 3.30. The number of aldehydes is 1. The molecule has 0 aromatic heterocycles. The third-order valence-corrected chi connectivity index (χ3v) is 2.01. The van der Waals surface area contributed by atoms with Gasteiger partial charge in [0.05, 0.1) is 12.2 Å². The Bertz CT molecular complexity index is 388. The minimum atomic E-state index is -4.58. The van der Waals surface area contributed by atoms with E-state index in [4.69, 9.17) is 9.84 Å². The molecular weight excluding hydrogens is 237 g/mol. The lowest BCUT2D eigenvalue weighted by Gasteiger charge is -2.14. The number of benzene rings is 1. The van der Waals surface area contributed by atoms with Gasteiger partial charge in [-0.15, -0.1) is 0 Å². The van der Waals surface area contributed by atoms with E-state index in [1.54, 1.807) is 0 Å². The van der Waals surface area contributed by atoms with Gasteiger partial charge >= 0.3 is 6.18 Å². The van der Waals surface area contributed by atoms with Crippen molar-refractivity contribution in [2.75, 3.05) is 13.2 Å². The first-order valence-corrected chi connectivity index (χ1v) is 4.89. The predicted octanol–water partition coefficient (Wildman–Crippen LogP) is 2.28. The van der Waals surface area contributed by atoms with Crippen LogP contribution in [0.3, 0.4) is 0 Å². The maximum atomic E-state index is 12.6. The molecular formula is C11H11F3O3. The fourth-order valence-corrected chi connectivity index (χ4v) is 1.21. The van der Waals surface area contributed by atoms with E-state index in [-0.39, 0.29) is 30.9 Å². The first-order chi connectivity index (χ1) is 7.99. The van der Waals surface area contributed by atoms with Crippen LogP contribution >= 0.6 is 0 Å². The van der Waals surface area contributed by atoms with Gasteiger partial charge in [-0.05, 0) is 18.2 Å². The third kappa shape index (κ3) is 3.74. The molecule has 1 N–H and O–H groups in total. The number of alkyl halides is 3. The van der Waals surface area contributed by atoms with Gasteiger partial charge < -0.3 is 9.84 Å². The van der Waals surface area contributed by atoms with Gasteiger partial charge in [0.1, 0.15) is 12.0 Å². The highest BCUT2D eigenvalue weighted by atomic mass is 19.4. The number of carbonyl (C=O) groups excluding carboxylic acids is 1. The lowest BCUT2D eigenvalue weighted by molar-refractivity contribution is -0.139. The van der Waals surface area contributed by atoms with Crippen LogP contribution in [-0.2, 0) is 6.18 Å². The second-order valence-corrected chi connectivity index (χ2v) is 3.30. The third-order valence-electron chi connectivity index (χ3n) is 2.01. The van der Waals surface area contributed by atoms with E-state index in [1.165, 1.54) is 6.07 Å². The van der Waals surface area contributed by atoms with Gasteiger partial charge in [-0.2, -0.15) is 13.2 Å². The van der Waals surface area contributed by atoms with Crippen molar-refractivity contribution in [1.29, 1.82) is 0 Å². The zero-order valence-electron chi connectivity index (χ0n) is 8.83. The predicted molar refractivity (Wildman–Crippen MR) is 54.0 cm³/mol. The zero-order valence-corrected chi connectivity index (χ0v) is 8.83. The number of ether oxygens (including phenoxy) is 1. The summed E-state index contributed by atoms with van der Waals surface area (Å²) in [4.78, 5) is 10.4. The topological polar surface area (TPSA) is 46.5 Å². The van der Waals surface area contributed by atoms with Crippen LogP contribution < -0.4 is 4.74 Å². The van der Waals surface area contributed by atoms with Crippen LogP contribution in [0.2, 0.25) is 0 Å².